The van der Waals surface area contributed by atoms with Gasteiger partial charge >= 0.3 is 12.0 Å². The zero-order chi connectivity index (χ0) is 22.5. The van der Waals surface area contributed by atoms with Crippen molar-refractivity contribution in [3.63, 3.8) is 0 Å². The minimum Gasteiger partial charge on any atom is -0.463 e. The number of urea groups is 1. The molecule has 1 atom stereocenters. The fourth-order valence-electron chi connectivity index (χ4n) is 4.12. The van der Waals surface area contributed by atoms with Crippen molar-refractivity contribution in [1.82, 2.24) is 15.5 Å². The summed E-state index contributed by atoms with van der Waals surface area (Å²) in [6.07, 6.45) is 0. The highest BCUT2D eigenvalue weighted by molar-refractivity contribution is 6.30. The van der Waals surface area contributed by atoms with Gasteiger partial charge in [-0.25, -0.2) is 9.59 Å². The summed E-state index contributed by atoms with van der Waals surface area (Å²) in [5.74, 6) is -0.433. The molecule has 0 spiro atoms. The number of hydrogen-bond donors (Lipinski definition) is 2. The molecule has 1 fully saturated rings. The molecule has 2 heterocycles. The molecule has 2 N–H and O–H groups in total. The molecule has 0 aliphatic carbocycles. The molecule has 4 rings (SSSR count). The Kier molecular flexibility index (Phi) is 6.97. The first-order chi connectivity index (χ1) is 15.5. The molecule has 2 aromatic carbocycles. The predicted octanol–water partition coefficient (Wildman–Crippen LogP) is 3.33. The Bertz CT molecular complexity index is 986. The Morgan fingerprint density at radius 2 is 1.75 bits per heavy atom. The van der Waals surface area contributed by atoms with Crippen molar-refractivity contribution in [2.75, 3.05) is 44.2 Å². The Hall–Kier alpha value is -3.03. The lowest BCUT2D eigenvalue weighted by molar-refractivity contribution is -0.139. The minimum absolute atomic E-state index is 0.257. The molecule has 8 heteroatoms. The molecule has 2 aliphatic heterocycles. The van der Waals surface area contributed by atoms with Crippen molar-refractivity contribution in [3.8, 4) is 0 Å². The van der Waals surface area contributed by atoms with E-state index in [0.29, 0.717) is 22.8 Å². The van der Waals surface area contributed by atoms with Crippen LogP contribution in [0.5, 0.6) is 0 Å². The molecule has 0 aromatic heterocycles. The summed E-state index contributed by atoms with van der Waals surface area (Å²) < 4.78 is 5.35. The van der Waals surface area contributed by atoms with Gasteiger partial charge in [-0.2, -0.15) is 0 Å². The van der Waals surface area contributed by atoms with E-state index >= 15 is 0 Å². The lowest BCUT2D eigenvalue weighted by Crippen LogP contribution is -2.51. The molecule has 0 unspecified atom stereocenters. The molecule has 32 heavy (non-hydrogen) atoms. The van der Waals surface area contributed by atoms with E-state index in [1.54, 1.807) is 19.1 Å². The van der Waals surface area contributed by atoms with Crippen LogP contribution in [0.15, 0.2) is 65.9 Å². The van der Waals surface area contributed by atoms with Crippen LogP contribution < -0.4 is 15.5 Å². The number of nitrogens with zero attached hydrogens (tertiary/aromatic N) is 2. The molecule has 0 bridgehead atoms. The van der Waals surface area contributed by atoms with Gasteiger partial charge in [0.15, 0.2) is 0 Å². The van der Waals surface area contributed by atoms with Gasteiger partial charge in [0, 0.05) is 49.1 Å². The number of carbonyl (C=O) groups excluding carboxylic acids is 2. The Labute approximate surface area is 193 Å². The lowest BCUT2D eigenvalue weighted by atomic mass is 9.95. The van der Waals surface area contributed by atoms with E-state index in [1.807, 2.05) is 30.3 Å². The van der Waals surface area contributed by atoms with Crippen molar-refractivity contribution in [3.05, 3.63) is 76.5 Å². The van der Waals surface area contributed by atoms with Crippen LogP contribution >= 0.6 is 11.6 Å². The summed E-state index contributed by atoms with van der Waals surface area (Å²) in [4.78, 5) is 30.0. The van der Waals surface area contributed by atoms with E-state index in [4.69, 9.17) is 16.3 Å². The van der Waals surface area contributed by atoms with Crippen LogP contribution in [0.4, 0.5) is 10.5 Å². The zero-order valence-corrected chi connectivity index (χ0v) is 18.8. The topological polar surface area (TPSA) is 73.9 Å². The Morgan fingerprint density at radius 3 is 2.41 bits per heavy atom. The number of esters is 1. The molecule has 7 nitrogen and oxygen atoms in total. The SMILES string of the molecule is CCOC(=O)C1=C(CN2CCN(c3ccccc3)CC2)NC(=O)N[C@@H]1c1ccc(Cl)cc1. The minimum atomic E-state index is -0.597. The third kappa shape index (κ3) is 5.06. The maximum Gasteiger partial charge on any atom is 0.338 e. The third-order valence-electron chi connectivity index (χ3n) is 5.73. The number of anilines is 1. The van der Waals surface area contributed by atoms with E-state index in [0.717, 1.165) is 31.7 Å². The van der Waals surface area contributed by atoms with Gasteiger partial charge in [0.25, 0.3) is 0 Å². The maximum atomic E-state index is 12.9. The van der Waals surface area contributed by atoms with Crippen LogP contribution in [0.25, 0.3) is 0 Å². The van der Waals surface area contributed by atoms with Gasteiger partial charge in [0.05, 0.1) is 18.2 Å². The quantitative estimate of drug-likeness (QED) is 0.655. The zero-order valence-electron chi connectivity index (χ0n) is 18.0. The summed E-state index contributed by atoms with van der Waals surface area (Å²) in [6, 6.07) is 16.5. The van der Waals surface area contributed by atoms with E-state index in [1.165, 1.54) is 5.69 Å². The fourth-order valence-corrected chi connectivity index (χ4v) is 4.25. The number of carbonyl (C=O) groups is 2. The standard InChI is InChI=1S/C24H27ClN4O3/c1-2-32-23(30)21-20(26-24(31)27-22(21)17-8-10-18(25)11-9-17)16-28-12-14-29(15-13-28)19-6-4-3-5-7-19/h3-11,22H,2,12-16H2,1H3,(H2,26,27,31)/t22-/m1/s1. The summed E-state index contributed by atoms with van der Waals surface area (Å²) >= 11 is 6.03. The van der Waals surface area contributed by atoms with Gasteiger partial charge in [-0.1, -0.05) is 41.9 Å². The van der Waals surface area contributed by atoms with Crippen LogP contribution in [0.3, 0.4) is 0 Å². The van der Waals surface area contributed by atoms with Gasteiger partial charge in [0.1, 0.15) is 0 Å². The van der Waals surface area contributed by atoms with E-state index in [-0.39, 0.29) is 12.6 Å². The first-order valence-corrected chi connectivity index (χ1v) is 11.2. The Morgan fingerprint density at radius 1 is 1.06 bits per heavy atom. The first-order valence-electron chi connectivity index (χ1n) is 10.8. The number of benzene rings is 2. The summed E-state index contributed by atoms with van der Waals surface area (Å²) in [5.41, 5.74) is 3.00. The van der Waals surface area contributed by atoms with E-state index in [2.05, 4.69) is 32.6 Å². The van der Waals surface area contributed by atoms with Gasteiger partial charge in [-0.15, -0.1) is 0 Å². The average molecular weight is 455 g/mol. The van der Waals surface area contributed by atoms with Crippen molar-refractivity contribution in [1.29, 1.82) is 0 Å². The number of para-hydroxylation sites is 1. The fraction of sp³-hybridized carbons (Fsp3) is 0.333. The van der Waals surface area contributed by atoms with Crippen LogP contribution in [0.2, 0.25) is 5.02 Å². The second-order valence-corrected chi connectivity index (χ2v) is 8.23. The van der Waals surface area contributed by atoms with Crippen LogP contribution in [-0.2, 0) is 9.53 Å². The molecule has 168 valence electrons. The van der Waals surface area contributed by atoms with E-state index in [9.17, 15) is 9.59 Å². The highest BCUT2D eigenvalue weighted by Crippen LogP contribution is 2.29. The number of amides is 2. The molecule has 0 saturated carbocycles. The molecule has 2 amide bonds. The van der Waals surface area contributed by atoms with Crippen molar-refractivity contribution in [2.45, 2.75) is 13.0 Å². The van der Waals surface area contributed by atoms with Crippen LogP contribution in [-0.4, -0.2) is 56.2 Å². The summed E-state index contributed by atoms with van der Waals surface area (Å²) in [6.45, 7) is 5.89. The summed E-state index contributed by atoms with van der Waals surface area (Å²) in [7, 11) is 0. The average Bonchev–Trinajstić information content (AvgIpc) is 2.80. The van der Waals surface area contributed by atoms with Crippen LogP contribution in [0, 0.1) is 0 Å². The molecular weight excluding hydrogens is 428 g/mol. The predicted molar refractivity (Wildman–Crippen MR) is 125 cm³/mol. The smallest absolute Gasteiger partial charge is 0.338 e. The van der Waals surface area contributed by atoms with Gasteiger partial charge in [-0.3, -0.25) is 4.90 Å². The van der Waals surface area contributed by atoms with Crippen LogP contribution in [0.1, 0.15) is 18.5 Å². The highest BCUT2D eigenvalue weighted by Gasteiger charge is 2.34. The van der Waals surface area contributed by atoms with Gasteiger partial charge in [-0.05, 0) is 36.8 Å². The van der Waals surface area contributed by atoms with Crippen molar-refractivity contribution >= 4 is 29.3 Å². The normalized spacial score (nSPS) is 19.4. The number of rotatable bonds is 6. The summed E-state index contributed by atoms with van der Waals surface area (Å²) in [5, 5.41) is 6.30. The maximum absolute atomic E-state index is 12.9. The highest BCUT2D eigenvalue weighted by atomic mass is 35.5. The number of piperazine rings is 1. The number of nitrogens with one attached hydrogen (secondary N) is 2. The molecular formula is C24H27ClN4O3. The number of ether oxygens (including phenoxy) is 1. The number of hydrogen-bond acceptors (Lipinski definition) is 5. The third-order valence-corrected chi connectivity index (χ3v) is 5.98. The molecule has 1 saturated heterocycles. The second-order valence-electron chi connectivity index (χ2n) is 7.79. The van der Waals surface area contributed by atoms with Gasteiger partial charge in [0.2, 0.25) is 0 Å². The second kappa shape index (κ2) is 10.1. The first kappa shape index (κ1) is 22.2. The monoisotopic (exact) mass is 454 g/mol. The van der Waals surface area contributed by atoms with Crippen molar-refractivity contribution in [2.24, 2.45) is 0 Å². The number of halogens is 1. The molecule has 2 aromatic rings. The van der Waals surface area contributed by atoms with Crippen molar-refractivity contribution < 1.29 is 14.3 Å². The van der Waals surface area contributed by atoms with Gasteiger partial charge < -0.3 is 20.3 Å². The molecule has 0 radical (unpaired) electrons. The molecule has 2 aliphatic rings. The van der Waals surface area contributed by atoms with E-state index < -0.39 is 12.0 Å². The lowest BCUT2D eigenvalue weighted by Gasteiger charge is -2.38. The largest absolute Gasteiger partial charge is 0.463 e. The Balaban J connectivity index is 1.56.